The van der Waals surface area contributed by atoms with Crippen molar-refractivity contribution in [1.29, 1.82) is 0 Å². The lowest BCUT2D eigenvalue weighted by molar-refractivity contribution is 0.0764. The van der Waals surface area contributed by atoms with Gasteiger partial charge in [-0.1, -0.05) is 6.08 Å². The second kappa shape index (κ2) is 5.84. The van der Waals surface area contributed by atoms with Crippen LogP contribution >= 0.6 is 0 Å². The van der Waals surface area contributed by atoms with Gasteiger partial charge in [-0.15, -0.1) is 0 Å². The standard InChI is InChI=1S/C14H17FN2O2/c1-19-9-10-2-4-17(5-3-10)14(18)11-6-12(15)8-13(16)7-11/h2,6-8H,3-5,9,16H2,1H3. The molecule has 19 heavy (non-hydrogen) atoms. The largest absolute Gasteiger partial charge is 0.399 e. The number of methoxy groups -OCH3 is 1. The second-order valence-electron chi connectivity index (χ2n) is 4.57. The summed E-state index contributed by atoms with van der Waals surface area (Å²) in [5.41, 5.74) is 7.29. The van der Waals surface area contributed by atoms with Crippen molar-refractivity contribution in [3.63, 3.8) is 0 Å². The fraction of sp³-hybridized carbons (Fsp3) is 0.357. The number of nitrogens with zero attached hydrogens (tertiary/aromatic N) is 1. The Hall–Kier alpha value is -1.88. The predicted octanol–water partition coefficient (Wildman–Crippen LogP) is 1.83. The van der Waals surface area contributed by atoms with Gasteiger partial charge in [0.1, 0.15) is 5.82 Å². The summed E-state index contributed by atoms with van der Waals surface area (Å²) in [6, 6.07) is 3.91. The number of benzene rings is 1. The Labute approximate surface area is 111 Å². The van der Waals surface area contributed by atoms with Gasteiger partial charge in [0.05, 0.1) is 6.61 Å². The van der Waals surface area contributed by atoms with Crippen molar-refractivity contribution in [2.24, 2.45) is 0 Å². The van der Waals surface area contributed by atoms with Crippen LogP contribution in [0.2, 0.25) is 0 Å². The number of hydrogen-bond donors (Lipinski definition) is 1. The van der Waals surface area contributed by atoms with Crippen molar-refractivity contribution in [2.75, 3.05) is 32.5 Å². The summed E-state index contributed by atoms with van der Waals surface area (Å²) in [5, 5.41) is 0. The fourth-order valence-corrected chi connectivity index (χ4v) is 2.13. The molecule has 1 aromatic carbocycles. The van der Waals surface area contributed by atoms with Gasteiger partial charge in [-0.3, -0.25) is 4.79 Å². The van der Waals surface area contributed by atoms with E-state index in [-0.39, 0.29) is 11.6 Å². The van der Waals surface area contributed by atoms with Crippen LogP contribution in [0.3, 0.4) is 0 Å². The normalized spacial score (nSPS) is 15.3. The summed E-state index contributed by atoms with van der Waals surface area (Å²) in [7, 11) is 1.65. The second-order valence-corrected chi connectivity index (χ2v) is 4.57. The van der Waals surface area contributed by atoms with Crippen LogP contribution in [0.4, 0.5) is 10.1 Å². The molecule has 5 heteroatoms. The molecule has 4 nitrogen and oxygen atoms in total. The number of rotatable bonds is 3. The first-order valence-electron chi connectivity index (χ1n) is 6.12. The lowest BCUT2D eigenvalue weighted by Gasteiger charge is -2.26. The first-order valence-corrected chi connectivity index (χ1v) is 6.12. The summed E-state index contributed by atoms with van der Waals surface area (Å²) in [6.45, 7) is 1.73. The summed E-state index contributed by atoms with van der Waals surface area (Å²) >= 11 is 0. The average molecular weight is 264 g/mol. The van der Waals surface area contributed by atoms with E-state index >= 15 is 0 Å². The van der Waals surface area contributed by atoms with E-state index in [1.807, 2.05) is 6.08 Å². The van der Waals surface area contributed by atoms with E-state index in [0.717, 1.165) is 6.42 Å². The van der Waals surface area contributed by atoms with Gasteiger partial charge in [-0.05, 0) is 30.2 Å². The van der Waals surface area contributed by atoms with Crippen LogP contribution in [0.25, 0.3) is 0 Å². The maximum atomic E-state index is 13.2. The molecule has 0 radical (unpaired) electrons. The summed E-state index contributed by atoms with van der Waals surface area (Å²) in [4.78, 5) is 13.9. The number of anilines is 1. The van der Waals surface area contributed by atoms with Gasteiger partial charge in [0.15, 0.2) is 0 Å². The van der Waals surface area contributed by atoms with Crippen molar-refractivity contribution >= 4 is 11.6 Å². The minimum atomic E-state index is -0.490. The number of ether oxygens (including phenoxy) is 1. The molecule has 0 aromatic heterocycles. The van der Waals surface area contributed by atoms with E-state index < -0.39 is 5.82 Å². The Balaban J connectivity index is 2.09. The quantitative estimate of drug-likeness (QED) is 0.669. The Morgan fingerprint density at radius 3 is 2.84 bits per heavy atom. The van der Waals surface area contributed by atoms with E-state index in [1.54, 1.807) is 12.0 Å². The van der Waals surface area contributed by atoms with Gasteiger partial charge >= 0.3 is 0 Å². The number of nitrogen functional groups attached to an aromatic ring is 1. The minimum Gasteiger partial charge on any atom is -0.399 e. The van der Waals surface area contributed by atoms with Crippen LogP contribution in [0.5, 0.6) is 0 Å². The monoisotopic (exact) mass is 264 g/mol. The van der Waals surface area contributed by atoms with E-state index in [2.05, 4.69) is 0 Å². The van der Waals surface area contributed by atoms with Crippen molar-refractivity contribution in [2.45, 2.75) is 6.42 Å². The molecule has 1 aromatic rings. The van der Waals surface area contributed by atoms with Gasteiger partial charge < -0.3 is 15.4 Å². The fourth-order valence-electron chi connectivity index (χ4n) is 2.13. The van der Waals surface area contributed by atoms with Crippen molar-refractivity contribution in [3.8, 4) is 0 Å². The van der Waals surface area contributed by atoms with Gasteiger partial charge in [-0.2, -0.15) is 0 Å². The molecular weight excluding hydrogens is 247 g/mol. The zero-order valence-electron chi connectivity index (χ0n) is 10.9. The Bertz CT molecular complexity index is 494. The van der Waals surface area contributed by atoms with Gasteiger partial charge in [0, 0.05) is 31.5 Å². The van der Waals surface area contributed by atoms with E-state index in [0.29, 0.717) is 25.3 Å². The highest BCUT2D eigenvalue weighted by molar-refractivity contribution is 5.95. The third-order valence-corrected chi connectivity index (χ3v) is 3.09. The summed E-state index contributed by atoms with van der Waals surface area (Å²) in [6.07, 6.45) is 2.76. The lowest BCUT2D eigenvalue weighted by atomic mass is 10.1. The highest BCUT2D eigenvalue weighted by Crippen LogP contribution is 2.17. The van der Waals surface area contributed by atoms with E-state index in [1.165, 1.54) is 23.8 Å². The molecule has 2 rings (SSSR count). The SMILES string of the molecule is COCC1=CCN(C(=O)c2cc(N)cc(F)c2)CC1. The van der Waals surface area contributed by atoms with Crippen molar-refractivity contribution in [3.05, 3.63) is 41.2 Å². The Morgan fingerprint density at radius 1 is 1.47 bits per heavy atom. The summed E-state index contributed by atoms with van der Waals surface area (Å²) < 4.78 is 18.3. The molecule has 0 unspecified atom stereocenters. The van der Waals surface area contributed by atoms with Crippen LogP contribution in [0, 0.1) is 5.82 Å². The van der Waals surface area contributed by atoms with E-state index in [9.17, 15) is 9.18 Å². The molecule has 0 atom stereocenters. The number of hydrogen-bond acceptors (Lipinski definition) is 3. The molecule has 1 aliphatic rings. The molecule has 1 amide bonds. The molecule has 0 bridgehead atoms. The zero-order valence-corrected chi connectivity index (χ0v) is 10.9. The number of carbonyl (C=O) groups excluding carboxylic acids is 1. The Kier molecular flexibility index (Phi) is 4.16. The molecule has 0 saturated heterocycles. The highest BCUT2D eigenvalue weighted by Gasteiger charge is 2.19. The lowest BCUT2D eigenvalue weighted by Crippen LogP contribution is -2.35. The maximum Gasteiger partial charge on any atom is 0.254 e. The van der Waals surface area contributed by atoms with Crippen LogP contribution in [0.15, 0.2) is 29.8 Å². The van der Waals surface area contributed by atoms with Crippen molar-refractivity contribution in [1.82, 2.24) is 4.90 Å². The molecule has 0 spiro atoms. The molecule has 0 saturated carbocycles. The van der Waals surface area contributed by atoms with Gasteiger partial charge in [0.2, 0.25) is 0 Å². The van der Waals surface area contributed by atoms with Crippen molar-refractivity contribution < 1.29 is 13.9 Å². The molecule has 2 N–H and O–H groups in total. The van der Waals surface area contributed by atoms with Gasteiger partial charge in [0.25, 0.3) is 5.91 Å². The molecule has 1 aliphatic heterocycles. The number of nitrogens with two attached hydrogens (primary N) is 1. The van der Waals surface area contributed by atoms with Crippen LogP contribution < -0.4 is 5.73 Å². The molecular formula is C14H17FN2O2. The number of amides is 1. The zero-order chi connectivity index (χ0) is 13.8. The molecule has 0 fully saturated rings. The topological polar surface area (TPSA) is 55.6 Å². The third-order valence-electron chi connectivity index (χ3n) is 3.09. The number of halogens is 1. The van der Waals surface area contributed by atoms with Crippen LogP contribution in [-0.4, -0.2) is 37.6 Å². The van der Waals surface area contributed by atoms with E-state index in [4.69, 9.17) is 10.5 Å². The van der Waals surface area contributed by atoms with Crippen LogP contribution in [-0.2, 0) is 4.74 Å². The first-order chi connectivity index (χ1) is 9.10. The molecule has 0 aliphatic carbocycles. The van der Waals surface area contributed by atoms with Gasteiger partial charge in [-0.25, -0.2) is 4.39 Å². The van der Waals surface area contributed by atoms with Crippen LogP contribution in [0.1, 0.15) is 16.8 Å². The first kappa shape index (κ1) is 13.5. The maximum absolute atomic E-state index is 13.2. The highest BCUT2D eigenvalue weighted by atomic mass is 19.1. The summed E-state index contributed by atoms with van der Waals surface area (Å²) in [5.74, 6) is -0.685. The minimum absolute atomic E-state index is 0.195. The Morgan fingerprint density at radius 2 is 2.26 bits per heavy atom. The smallest absolute Gasteiger partial charge is 0.254 e. The molecule has 102 valence electrons. The average Bonchev–Trinajstić information content (AvgIpc) is 2.38. The third kappa shape index (κ3) is 3.32. The number of carbonyl (C=O) groups is 1. The molecule has 1 heterocycles. The predicted molar refractivity (Wildman–Crippen MR) is 71.3 cm³/mol.